The van der Waals surface area contributed by atoms with Gasteiger partial charge in [-0.1, -0.05) is 36.8 Å². The van der Waals surface area contributed by atoms with Crippen LogP contribution in [-0.4, -0.2) is 65.0 Å². The Labute approximate surface area is 160 Å². The second-order valence-corrected chi connectivity index (χ2v) is 6.97. The van der Waals surface area contributed by atoms with Gasteiger partial charge in [0, 0.05) is 33.0 Å². The first-order valence-corrected chi connectivity index (χ1v) is 9.59. The number of nitrogens with one attached hydrogen (secondary N) is 1. The van der Waals surface area contributed by atoms with Gasteiger partial charge in [0.25, 0.3) is 0 Å². The molecule has 1 amide bonds. The molecular formula is C20H29N5O2. The Morgan fingerprint density at radius 2 is 2.07 bits per heavy atom. The summed E-state index contributed by atoms with van der Waals surface area (Å²) in [6.45, 7) is 7.82. The third kappa shape index (κ3) is 4.93. The molecule has 0 saturated carbocycles. The Hall–Kier alpha value is -2.25. The molecule has 3 rings (SSSR count). The minimum atomic E-state index is -0.194. The molecule has 1 atom stereocenters. The summed E-state index contributed by atoms with van der Waals surface area (Å²) in [5.41, 5.74) is 2.40. The van der Waals surface area contributed by atoms with Crippen molar-refractivity contribution < 1.29 is 9.53 Å². The minimum absolute atomic E-state index is 0.0754. The fourth-order valence-corrected chi connectivity index (χ4v) is 3.40. The molecule has 1 aromatic heterocycles. The van der Waals surface area contributed by atoms with Crippen molar-refractivity contribution in [2.24, 2.45) is 0 Å². The Bertz CT molecular complexity index is 756. The summed E-state index contributed by atoms with van der Waals surface area (Å²) in [6.07, 6.45) is 1.23. The van der Waals surface area contributed by atoms with Crippen molar-refractivity contribution in [3.05, 3.63) is 47.0 Å². The van der Waals surface area contributed by atoms with Crippen LogP contribution in [0.25, 0.3) is 0 Å². The molecule has 146 valence electrons. The molecule has 1 N–H and O–H groups in total. The van der Waals surface area contributed by atoms with Gasteiger partial charge in [0.1, 0.15) is 5.82 Å². The van der Waals surface area contributed by atoms with E-state index in [1.54, 1.807) is 7.11 Å². The van der Waals surface area contributed by atoms with Crippen LogP contribution in [0.4, 0.5) is 0 Å². The molecule has 0 radical (unpaired) electrons. The molecular weight excluding hydrogens is 342 g/mol. The summed E-state index contributed by atoms with van der Waals surface area (Å²) in [7, 11) is 1.68. The van der Waals surface area contributed by atoms with Gasteiger partial charge >= 0.3 is 0 Å². The molecule has 1 aliphatic rings. The molecule has 7 nitrogen and oxygen atoms in total. The summed E-state index contributed by atoms with van der Waals surface area (Å²) >= 11 is 0. The van der Waals surface area contributed by atoms with Crippen molar-refractivity contribution in [3.63, 3.8) is 0 Å². The number of hydrogen-bond donors (Lipinski definition) is 1. The van der Waals surface area contributed by atoms with E-state index in [0.29, 0.717) is 32.5 Å². The Balaban J connectivity index is 1.83. The molecule has 1 aromatic carbocycles. The quantitative estimate of drug-likeness (QED) is 0.755. The summed E-state index contributed by atoms with van der Waals surface area (Å²) in [6, 6.07) is 8.24. The Morgan fingerprint density at radius 1 is 1.30 bits per heavy atom. The smallest absolute Gasteiger partial charge is 0.237 e. The lowest BCUT2D eigenvalue weighted by Gasteiger charge is -2.33. The minimum Gasteiger partial charge on any atom is -0.384 e. The lowest BCUT2D eigenvalue weighted by atomic mass is 10.1. The number of likely N-dealkylation sites (N-methyl/N-ethyl adjacent to an activating group) is 1. The molecule has 27 heavy (non-hydrogen) atoms. The van der Waals surface area contributed by atoms with E-state index in [9.17, 15) is 4.79 Å². The van der Waals surface area contributed by atoms with E-state index in [1.165, 1.54) is 11.1 Å². The van der Waals surface area contributed by atoms with Crippen LogP contribution in [0.15, 0.2) is 24.3 Å². The standard InChI is InChI=1S/C20H29N5O2/c1-4-24-11-10-21-20(26)17(24)13-19-22-18(9-12-27-3)23-25(19)14-16-7-5-15(2)6-8-16/h5-8,17H,4,9-14H2,1-3H3,(H,21,26)/t17-/m1/s1. The van der Waals surface area contributed by atoms with Crippen molar-refractivity contribution in [1.29, 1.82) is 0 Å². The van der Waals surface area contributed by atoms with Crippen LogP contribution >= 0.6 is 0 Å². The van der Waals surface area contributed by atoms with Crippen LogP contribution in [-0.2, 0) is 28.9 Å². The fraction of sp³-hybridized carbons (Fsp3) is 0.550. The number of rotatable bonds is 8. The first-order valence-electron chi connectivity index (χ1n) is 9.59. The third-order valence-electron chi connectivity index (χ3n) is 5.00. The van der Waals surface area contributed by atoms with Gasteiger partial charge in [0.15, 0.2) is 5.82 Å². The predicted molar refractivity (Wildman–Crippen MR) is 104 cm³/mol. The average molecular weight is 371 g/mol. The normalized spacial score (nSPS) is 17.9. The highest BCUT2D eigenvalue weighted by Gasteiger charge is 2.30. The van der Waals surface area contributed by atoms with Gasteiger partial charge in [0.05, 0.1) is 19.2 Å². The number of aryl methyl sites for hydroxylation is 1. The zero-order valence-electron chi connectivity index (χ0n) is 16.4. The first-order chi connectivity index (χ1) is 13.1. The number of amides is 1. The van der Waals surface area contributed by atoms with E-state index in [-0.39, 0.29) is 11.9 Å². The second kappa shape index (κ2) is 9.10. The Kier molecular flexibility index (Phi) is 6.58. The number of benzene rings is 1. The Morgan fingerprint density at radius 3 is 2.78 bits per heavy atom. The number of carbonyl (C=O) groups excluding carboxylic acids is 1. The van der Waals surface area contributed by atoms with E-state index >= 15 is 0 Å². The number of ether oxygens (including phenoxy) is 1. The van der Waals surface area contributed by atoms with Gasteiger partial charge < -0.3 is 10.1 Å². The maximum atomic E-state index is 12.4. The molecule has 0 aliphatic carbocycles. The molecule has 7 heteroatoms. The lowest BCUT2D eigenvalue weighted by molar-refractivity contribution is -0.128. The maximum Gasteiger partial charge on any atom is 0.237 e. The molecule has 2 aromatic rings. The van der Waals surface area contributed by atoms with E-state index in [1.807, 2.05) is 4.68 Å². The summed E-state index contributed by atoms with van der Waals surface area (Å²) in [4.78, 5) is 19.4. The summed E-state index contributed by atoms with van der Waals surface area (Å²) in [5.74, 6) is 1.69. The number of methoxy groups -OCH3 is 1. The van der Waals surface area contributed by atoms with Crippen molar-refractivity contribution in [1.82, 2.24) is 25.0 Å². The number of carbonyl (C=O) groups is 1. The van der Waals surface area contributed by atoms with Crippen LogP contribution in [0.1, 0.15) is 29.7 Å². The number of piperazine rings is 1. The third-order valence-corrected chi connectivity index (χ3v) is 5.00. The van der Waals surface area contributed by atoms with Crippen LogP contribution < -0.4 is 5.32 Å². The first kappa shape index (κ1) is 19.5. The largest absolute Gasteiger partial charge is 0.384 e. The number of nitrogens with zero attached hydrogens (tertiary/aromatic N) is 4. The molecule has 2 heterocycles. The lowest BCUT2D eigenvalue weighted by Crippen LogP contribution is -2.56. The molecule has 0 bridgehead atoms. The molecule has 0 unspecified atom stereocenters. The van der Waals surface area contributed by atoms with Gasteiger partial charge in [-0.2, -0.15) is 5.10 Å². The monoisotopic (exact) mass is 371 g/mol. The molecule has 1 aliphatic heterocycles. The highest BCUT2D eigenvalue weighted by atomic mass is 16.5. The summed E-state index contributed by atoms with van der Waals surface area (Å²) < 4.78 is 7.10. The van der Waals surface area contributed by atoms with Crippen LogP contribution in [0.3, 0.4) is 0 Å². The average Bonchev–Trinajstić information content (AvgIpc) is 3.05. The highest BCUT2D eigenvalue weighted by molar-refractivity contribution is 5.82. The number of hydrogen-bond acceptors (Lipinski definition) is 5. The van der Waals surface area contributed by atoms with Crippen molar-refractivity contribution in [2.75, 3.05) is 33.4 Å². The van der Waals surface area contributed by atoms with Crippen LogP contribution in [0, 0.1) is 6.92 Å². The van der Waals surface area contributed by atoms with E-state index in [2.05, 4.69) is 53.4 Å². The fourth-order valence-electron chi connectivity index (χ4n) is 3.40. The maximum absolute atomic E-state index is 12.4. The zero-order valence-corrected chi connectivity index (χ0v) is 16.4. The van der Waals surface area contributed by atoms with Gasteiger partial charge in [0.2, 0.25) is 5.91 Å². The van der Waals surface area contributed by atoms with E-state index in [0.717, 1.165) is 24.7 Å². The predicted octanol–water partition coefficient (Wildman–Crippen LogP) is 1.19. The molecule has 1 fully saturated rings. The zero-order chi connectivity index (χ0) is 19.2. The second-order valence-electron chi connectivity index (χ2n) is 6.97. The van der Waals surface area contributed by atoms with Gasteiger partial charge in [-0.25, -0.2) is 9.67 Å². The van der Waals surface area contributed by atoms with E-state index < -0.39 is 0 Å². The van der Waals surface area contributed by atoms with E-state index in [4.69, 9.17) is 9.72 Å². The van der Waals surface area contributed by atoms with Crippen molar-refractivity contribution in [3.8, 4) is 0 Å². The summed E-state index contributed by atoms with van der Waals surface area (Å²) in [5, 5.41) is 7.66. The van der Waals surface area contributed by atoms with Gasteiger partial charge in [-0.3, -0.25) is 9.69 Å². The highest BCUT2D eigenvalue weighted by Crippen LogP contribution is 2.14. The van der Waals surface area contributed by atoms with Gasteiger partial charge in [-0.15, -0.1) is 0 Å². The SMILES string of the molecule is CCN1CCNC(=O)[C@H]1Cc1nc(CCOC)nn1Cc1ccc(C)cc1. The van der Waals surface area contributed by atoms with Gasteiger partial charge in [-0.05, 0) is 19.0 Å². The molecule has 0 spiro atoms. The van der Waals surface area contributed by atoms with Crippen LogP contribution in [0.5, 0.6) is 0 Å². The topological polar surface area (TPSA) is 72.3 Å². The number of aromatic nitrogens is 3. The van der Waals surface area contributed by atoms with Crippen LogP contribution in [0.2, 0.25) is 0 Å². The van der Waals surface area contributed by atoms with Crippen molar-refractivity contribution >= 4 is 5.91 Å². The molecule has 1 saturated heterocycles. The van der Waals surface area contributed by atoms with Crippen molar-refractivity contribution in [2.45, 2.75) is 39.3 Å².